The lowest BCUT2D eigenvalue weighted by Gasteiger charge is -2.14. The average molecular weight is 688 g/mol. The van der Waals surface area contributed by atoms with E-state index in [1.54, 1.807) is 4.90 Å². The van der Waals surface area contributed by atoms with Gasteiger partial charge in [-0.2, -0.15) is 5.10 Å². The Morgan fingerprint density at radius 3 is 2.34 bits per heavy atom. The number of hydrogen-bond acceptors (Lipinski definition) is 6. The monoisotopic (exact) mass is 687 g/mol. The first-order valence-electron chi connectivity index (χ1n) is 16.0. The molecule has 0 spiro atoms. The molecule has 0 unspecified atom stereocenters. The number of halogens is 1. The number of carboxylic acids is 1. The number of thioether (sulfide) groups is 1. The summed E-state index contributed by atoms with van der Waals surface area (Å²) in [6.07, 6.45) is 12.1. The highest BCUT2D eigenvalue weighted by molar-refractivity contribution is 8.26. The fourth-order valence-corrected chi connectivity index (χ4v) is 6.78. The minimum absolute atomic E-state index is 0.0723. The molecule has 0 aliphatic carbocycles. The number of unbranched alkanes of at least 4 members (excludes halogenated alkanes) is 7. The quantitative estimate of drug-likeness (QED) is 0.0672. The second-order valence-corrected chi connectivity index (χ2v) is 13.6. The topological polar surface area (TPSA) is 84.7 Å². The number of carbonyl (C=O) groups is 2. The van der Waals surface area contributed by atoms with Gasteiger partial charge in [-0.05, 0) is 60.9 Å². The van der Waals surface area contributed by atoms with Crippen molar-refractivity contribution >= 4 is 57.9 Å². The summed E-state index contributed by atoms with van der Waals surface area (Å²) in [5, 5.41) is 14.4. The number of carbonyl (C=O) groups excluding carboxylic acids is 1. The van der Waals surface area contributed by atoms with Gasteiger partial charge in [-0.15, -0.1) is 0 Å². The number of ether oxygens (including phenoxy) is 1. The van der Waals surface area contributed by atoms with Crippen LogP contribution in [0.25, 0.3) is 23.0 Å². The Bertz CT molecular complexity index is 1710. The molecule has 1 aliphatic heterocycles. The normalized spacial score (nSPS) is 13.9. The van der Waals surface area contributed by atoms with Crippen molar-refractivity contribution in [3.05, 3.63) is 106 Å². The second kappa shape index (κ2) is 17.3. The van der Waals surface area contributed by atoms with Gasteiger partial charge in [-0.1, -0.05) is 117 Å². The molecule has 0 radical (unpaired) electrons. The Balaban J connectivity index is 1.25. The molecule has 47 heavy (non-hydrogen) atoms. The number of hydrogen-bond donors (Lipinski definition) is 1. The molecule has 1 aromatic heterocycles. The zero-order valence-corrected chi connectivity index (χ0v) is 28.5. The van der Waals surface area contributed by atoms with E-state index in [2.05, 4.69) is 0 Å². The van der Waals surface area contributed by atoms with Crippen molar-refractivity contribution < 1.29 is 19.4 Å². The van der Waals surface area contributed by atoms with E-state index < -0.39 is 5.97 Å². The van der Waals surface area contributed by atoms with E-state index in [9.17, 15) is 9.59 Å². The Hall–Kier alpha value is -3.92. The Morgan fingerprint density at radius 2 is 1.62 bits per heavy atom. The third kappa shape index (κ3) is 10.0. The highest BCUT2D eigenvalue weighted by Crippen LogP contribution is 2.36. The zero-order chi connectivity index (χ0) is 33.0. The number of para-hydroxylation sites is 1. The summed E-state index contributed by atoms with van der Waals surface area (Å²) in [7, 11) is 0. The molecule has 1 aliphatic rings. The van der Waals surface area contributed by atoms with E-state index >= 15 is 0 Å². The van der Waals surface area contributed by atoms with Crippen LogP contribution in [-0.4, -0.2) is 42.5 Å². The fourth-order valence-electron chi connectivity index (χ4n) is 5.35. The van der Waals surface area contributed by atoms with Crippen LogP contribution in [0.5, 0.6) is 5.75 Å². The molecule has 4 aromatic rings. The number of aliphatic carboxylic acids is 1. The highest BCUT2D eigenvalue weighted by atomic mass is 35.5. The van der Waals surface area contributed by atoms with Crippen molar-refractivity contribution in [2.24, 2.45) is 0 Å². The fraction of sp³-hybridized carbons (Fsp3) is 0.297. The van der Waals surface area contributed by atoms with E-state index in [-0.39, 0.29) is 12.3 Å². The van der Waals surface area contributed by atoms with Crippen molar-refractivity contribution in [2.45, 2.75) is 64.4 Å². The van der Waals surface area contributed by atoms with Gasteiger partial charge >= 0.3 is 5.97 Å². The van der Waals surface area contributed by atoms with Crippen LogP contribution in [0.4, 0.5) is 0 Å². The maximum Gasteiger partial charge on any atom is 0.303 e. The molecule has 5 rings (SSSR count). The number of nitrogens with zero attached hydrogens (tertiary/aromatic N) is 3. The first-order valence-corrected chi connectivity index (χ1v) is 17.6. The van der Waals surface area contributed by atoms with Gasteiger partial charge in [0, 0.05) is 35.3 Å². The number of benzene rings is 3. The van der Waals surface area contributed by atoms with Gasteiger partial charge in [-0.25, -0.2) is 4.68 Å². The van der Waals surface area contributed by atoms with Crippen LogP contribution in [0.2, 0.25) is 5.02 Å². The Kier molecular flexibility index (Phi) is 12.7. The first kappa shape index (κ1) is 34.4. The minimum atomic E-state index is -0.722. The minimum Gasteiger partial charge on any atom is -0.489 e. The molecule has 1 fully saturated rings. The lowest BCUT2D eigenvalue weighted by molar-refractivity contribution is -0.137. The van der Waals surface area contributed by atoms with E-state index in [0.29, 0.717) is 33.1 Å². The van der Waals surface area contributed by atoms with E-state index in [1.807, 2.05) is 95.8 Å². The number of rotatable bonds is 17. The Labute approximate surface area is 290 Å². The molecule has 1 amide bonds. The summed E-state index contributed by atoms with van der Waals surface area (Å²) in [5.74, 6) is -0.0840. The maximum atomic E-state index is 13.5. The zero-order valence-electron chi connectivity index (χ0n) is 26.1. The summed E-state index contributed by atoms with van der Waals surface area (Å²) in [5.41, 5.74) is 4.35. The van der Waals surface area contributed by atoms with Crippen LogP contribution in [0.3, 0.4) is 0 Å². The number of thiocarbonyl (C=S) groups is 1. The molecular weight excluding hydrogens is 650 g/mol. The Morgan fingerprint density at radius 1 is 0.915 bits per heavy atom. The van der Waals surface area contributed by atoms with Gasteiger partial charge in [0.25, 0.3) is 5.91 Å². The lowest BCUT2D eigenvalue weighted by Crippen LogP contribution is -2.29. The van der Waals surface area contributed by atoms with Gasteiger partial charge in [0.2, 0.25) is 0 Å². The van der Waals surface area contributed by atoms with Crippen LogP contribution < -0.4 is 4.74 Å². The van der Waals surface area contributed by atoms with Crippen LogP contribution >= 0.6 is 35.6 Å². The molecule has 10 heteroatoms. The molecule has 7 nitrogen and oxygen atoms in total. The SMILES string of the molecule is O=C(O)CCCCCCCCCCN1C(=O)/C(=C/c2cn(-c3ccccc3)nc2-c2cccc(OCc3ccc(Cl)cc3)c2)SC1=S. The van der Waals surface area contributed by atoms with Crippen molar-refractivity contribution in [3.63, 3.8) is 0 Å². The molecule has 3 aromatic carbocycles. The summed E-state index contributed by atoms with van der Waals surface area (Å²) in [6, 6.07) is 25.3. The first-order chi connectivity index (χ1) is 22.9. The van der Waals surface area contributed by atoms with Crippen LogP contribution in [0.15, 0.2) is 90.0 Å². The maximum absolute atomic E-state index is 13.5. The van der Waals surface area contributed by atoms with Gasteiger partial charge in [0.15, 0.2) is 0 Å². The molecule has 0 bridgehead atoms. The number of aromatic nitrogens is 2. The molecule has 1 saturated heterocycles. The third-order valence-corrected chi connectivity index (χ3v) is 9.50. The predicted octanol–water partition coefficient (Wildman–Crippen LogP) is 9.57. The predicted molar refractivity (Wildman–Crippen MR) is 194 cm³/mol. The van der Waals surface area contributed by atoms with E-state index in [0.717, 1.165) is 79.4 Å². The van der Waals surface area contributed by atoms with Crippen molar-refractivity contribution in [1.29, 1.82) is 0 Å². The summed E-state index contributed by atoms with van der Waals surface area (Å²) < 4.78 is 8.51. The van der Waals surface area contributed by atoms with Crippen LogP contribution in [0.1, 0.15) is 68.9 Å². The smallest absolute Gasteiger partial charge is 0.303 e. The van der Waals surface area contributed by atoms with Gasteiger partial charge in [-0.3, -0.25) is 14.5 Å². The molecule has 0 saturated carbocycles. The average Bonchev–Trinajstić information content (AvgIpc) is 3.62. The van der Waals surface area contributed by atoms with E-state index in [4.69, 9.17) is 38.8 Å². The largest absolute Gasteiger partial charge is 0.489 e. The van der Waals surface area contributed by atoms with Crippen LogP contribution in [-0.2, 0) is 16.2 Å². The number of carboxylic acid groups (broad SMARTS) is 1. The lowest BCUT2D eigenvalue weighted by atomic mass is 10.1. The van der Waals surface area contributed by atoms with Crippen molar-refractivity contribution in [1.82, 2.24) is 14.7 Å². The van der Waals surface area contributed by atoms with Gasteiger partial charge in [0.05, 0.1) is 10.6 Å². The summed E-state index contributed by atoms with van der Waals surface area (Å²) >= 11 is 13.0. The van der Waals surface area contributed by atoms with Crippen molar-refractivity contribution in [2.75, 3.05) is 6.54 Å². The summed E-state index contributed by atoms with van der Waals surface area (Å²) in [4.78, 5) is 26.4. The van der Waals surface area contributed by atoms with Crippen molar-refractivity contribution in [3.8, 4) is 22.7 Å². The molecule has 1 N–H and O–H groups in total. The van der Waals surface area contributed by atoms with Crippen LogP contribution in [0, 0.1) is 0 Å². The molecule has 244 valence electrons. The standard InChI is InChI=1S/C37H38ClN3O4S2/c38-30-20-18-27(19-21-30)26-45-32-16-12-13-28(23-32)35-29(25-41(39-35)31-14-8-7-9-15-31)24-33-36(44)40(37(46)47-33)22-11-6-4-2-1-3-5-10-17-34(42)43/h7-9,12-16,18-21,23-25H,1-6,10-11,17,22,26H2,(H,42,43)/b33-24-. The third-order valence-electron chi connectivity index (χ3n) is 7.87. The van der Waals surface area contributed by atoms with Gasteiger partial charge < -0.3 is 9.84 Å². The highest BCUT2D eigenvalue weighted by Gasteiger charge is 2.32. The number of amides is 1. The second-order valence-electron chi connectivity index (χ2n) is 11.5. The molecule has 0 atom stereocenters. The molecule has 2 heterocycles. The van der Waals surface area contributed by atoms with E-state index in [1.165, 1.54) is 11.8 Å². The summed E-state index contributed by atoms with van der Waals surface area (Å²) in [6.45, 7) is 1.01. The van der Waals surface area contributed by atoms with Gasteiger partial charge in [0.1, 0.15) is 22.4 Å². The molecular formula is C37H38ClN3O4S2.